The molecular formula is C32H59NO6P+. The summed E-state index contributed by atoms with van der Waals surface area (Å²) < 4.78 is 21.9. The number of rotatable bonds is 29. The van der Waals surface area contributed by atoms with Crippen LogP contribution in [0.15, 0.2) is 24.3 Å². The van der Waals surface area contributed by atoms with Gasteiger partial charge in [-0.05, 0) is 37.3 Å². The van der Waals surface area contributed by atoms with Gasteiger partial charge in [0.25, 0.3) is 6.47 Å². The Labute approximate surface area is 246 Å². The first kappa shape index (κ1) is 36.8. The third kappa shape index (κ3) is 21.5. The topological polar surface area (TPSA) is 78.7 Å². The van der Waals surface area contributed by atoms with Crippen LogP contribution in [0.5, 0.6) is 5.75 Å². The first-order chi connectivity index (χ1) is 19.6. The van der Waals surface area contributed by atoms with E-state index in [0.717, 1.165) is 38.0 Å². The maximum Gasteiger partial charge on any atom is 0.329 e. The van der Waals surface area contributed by atoms with Crippen LogP contribution < -0.4 is 9.64 Å². The number of para-hydroxylation sites is 1. The normalized spacial score (nSPS) is 12.9. The van der Waals surface area contributed by atoms with Crippen LogP contribution in [0.25, 0.3) is 0 Å². The molecule has 0 aromatic heterocycles. The van der Waals surface area contributed by atoms with Crippen molar-refractivity contribution in [2.75, 3.05) is 40.5 Å². The zero-order chi connectivity index (χ0) is 29.1. The smallest absolute Gasteiger partial charge is 0.329 e. The standard InChI is InChI=1S/C32H58NO6P/c1-4-5-6-7-8-9-10-11-12-13-14-15-16-17-22-30-23-18-19-24-32(30)36-27-31(37-29-34)28-39-40(35)38-26-21-20-25-33(2)3/h18-19,23-24,29,31,35H,4-17,20-22,25-28H2,1-3H3/p+1. The lowest BCUT2D eigenvalue weighted by molar-refractivity contribution is -0.858. The van der Waals surface area contributed by atoms with E-state index in [9.17, 15) is 9.69 Å². The lowest BCUT2D eigenvalue weighted by Crippen LogP contribution is -3.05. The van der Waals surface area contributed by atoms with Gasteiger partial charge in [0.05, 0.1) is 33.9 Å². The molecule has 0 saturated carbocycles. The molecule has 0 aliphatic heterocycles. The minimum atomic E-state index is -2.01. The maximum atomic E-state index is 11.0. The largest absolute Gasteiger partial charge is 0.489 e. The molecule has 0 heterocycles. The molecule has 1 aromatic rings. The van der Waals surface area contributed by atoms with Gasteiger partial charge >= 0.3 is 8.60 Å². The predicted molar refractivity (Wildman–Crippen MR) is 165 cm³/mol. The van der Waals surface area contributed by atoms with Crippen LogP contribution in [-0.4, -0.2) is 57.9 Å². The van der Waals surface area contributed by atoms with E-state index in [1.807, 2.05) is 18.2 Å². The molecule has 2 atom stereocenters. The summed E-state index contributed by atoms with van der Waals surface area (Å²) in [7, 11) is 2.21. The molecule has 0 aliphatic carbocycles. The molecule has 0 fully saturated rings. The average molecular weight is 585 g/mol. The summed E-state index contributed by atoms with van der Waals surface area (Å²) in [6.07, 6.45) is 21.1. The Morgan fingerprint density at radius 3 is 2.00 bits per heavy atom. The van der Waals surface area contributed by atoms with Crippen molar-refractivity contribution in [3.05, 3.63) is 29.8 Å². The highest BCUT2D eigenvalue weighted by Gasteiger charge is 2.16. The molecule has 0 saturated heterocycles. The van der Waals surface area contributed by atoms with E-state index < -0.39 is 14.7 Å². The molecular weight excluding hydrogens is 525 g/mol. The number of hydrogen-bond acceptors (Lipinski definition) is 6. The second-order valence-electron chi connectivity index (χ2n) is 11.2. The Kier molecular flexibility index (Phi) is 24.5. The fourth-order valence-corrected chi connectivity index (χ4v) is 5.31. The Balaban J connectivity index is 2.19. The number of carbonyl (C=O) groups is 1. The number of hydrogen-bond donors (Lipinski definition) is 2. The van der Waals surface area contributed by atoms with Crippen LogP contribution in [0, 0.1) is 0 Å². The van der Waals surface area contributed by atoms with E-state index in [4.69, 9.17) is 18.5 Å². The number of nitrogens with one attached hydrogen (secondary N) is 1. The summed E-state index contributed by atoms with van der Waals surface area (Å²) in [5.41, 5.74) is 1.17. The Morgan fingerprint density at radius 2 is 1.40 bits per heavy atom. The van der Waals surface area contributed by atoms with Crippen LogP contribution >= 0.6 is 8.60 Å². The van der Waals surface area contributed by atoms with E-state index in [1.165, 1.54) is 93.9 Å². The van der Waals surface area contributed by atoms with Gasteiger partial charge in [0.2, 0.25) is 0 Å². The maximum absolute atomic E-state index is 11.0. The lowest BCUT2D eigenvalue weighted by atomic mass is 10.0. The number of benzene rings is 1. The van der Waals surface area contributed by atoms with Gasteiger partial charge in [0.15, 0.2) is 6.10 Å². The van der Waals surface area contributed by atoms with Crippen molar-refractivity contribution in [3.8, 4) is 5.75 Å². The summed E-state index contributed by atoms with van der Waals surface area (Å²) in [5.74, 6) is 0.808. The Hall–Kier alpha value is -1.24. The minimum Gasteiger partial charge on any atom is -0.489 e. The Morgan fingerprint density at radius 1 is 0.800 bits per heavy atom. The van der Waals surface area contributed by atoms with E-state index in [2.05, 4.69) is 27.1 Å². The molecule has 0 radical (unpaired) electrons. The van der Waals surface area contributed by atoms with Crippen molar-refractivity contribution in [1.29, 1.82) is 0 Å². The second-order valence-corrected chi connectivity index (χ2v) is 12.1. The third-order valence-corrected chi connectivity index (χ3v) is 7.86. The molecule has 0 amide bonds. The molecule has 40 heavy (non-hydrogen) atoms. The quantitative estimate of drug-likeness (QED) is 0.0612. The molecule has 1 aromatic carbocycles. The lowest BCUT2D eigenvalue weighted by Gasteiger charge is -2.19. The average Bonchev–Trinajstić information content (AvgIpc) is 2.95. The van der Waals surface area contributed by atoms with Crippen molar-refractivity contribution >= 4 is 15.1 Å². The van der Waals surface area contributed by atoms with E-state index in [0.29, 0.717) is 13.1 Å². The summed E-state index contributed by atoms with van der Waals surface area (Å²) in [4.78, 5) is 22.3. The fraction of sp³-hybridized carbons (Fsp3) is 0.781. The summed E-state index contributed by atoms with van der Waals surface area (Å²) in [5, 5.41) is 0. The molecule has 2 N–H and O–H groups in total. The zero-order valence-electron chi connectivity index (χ0n) is 25.7. The fourth-order valence-electron chi connectivity index (χ4n) is 4.66. The van der Waals surface area contributed by atoms with Crippen LogP contribution in [-0.2, 0) is 25.0 Å². The van der Waals surface area contributed by atoms with Crippen LogP contribution in [0.1, 0.15) is 115 Å². The van der Waals surface area contributed by atoms with Gasteiger partial charge in [-0.2, -0.15) is 0 Å². The van der Waals surface area contributed by atoms with Gasteiger partial charge in [0.1, 0.15) is 12.4 Å². The van der Waals surface area contributed by atoms with Gasteiger partial charge in [-0.15, -0.1) is 0 Å². The van der Waals surface area contributed by atoms with Crippen LogP contribution in [0.3, 0.4) is 0 Å². The molecule has 1 rings (SSSR count). The highest BCUT2D eigenvalue weighted by atomic mass is 31.2. The molecule has 8 heteroatoms. The molecule has 232 valence electrons. The minimum absolute atomic E-state index is 0.0178. The highest BCUT2D eigenvalue weighted by Crippen LogP contribution is 2.33. The first-order valence-corrected chi connectivity index (χ1v) is 17.0. The summed E-state index contributed by atoms with van der Waals surface area (Å²) >= 11 is 0. The van der Waals surface area contributed by atoms with Gasteiger partial charge in [-0.25, -0.2) is 0 Å². The molecule has 0 bridgehead atoms. The van der Waals surface area contributed by atoms with Crippen molar-refractivity contribution in [2.24, 2.45) is 0 Å². The molecule has 0 aliphatic rings. The van der Waals surface area contributed by atoms with Crippen LogP contribution in [0.4, 0.5) is 0 Å². The van der Waals surface area contributed by atoms with Gasteiger partial charge < -0.3 is 28.3 Å². The predicted octanol–water partition coefficient (Wildman–Crippen LogP) is 6.81. The number of unbranched alkanes of at least 4 members (excludes halogenated alkanes) is 14. The van der Waals surface area contributed by atoms with Crippen molar-refractivity contribution in [3.63, 3.8) is 0 Å². The van der Waals surface area contributed by atoms with Gasteiger partial charge in [0, 0.05) is 0 Å². The molecule has 0 spiro atoms. The number of aryl methyl sites for hydroxylation is 1. The van der Waals surface area contributed by atoms with Crippen LogP contribution in [0.2, 0.25) is 0 Å². The Bertz CT molecular complexity index is 708. The van der Waals surface area contributed by atoms with E-state index in [-0.39, 0.29) is 13.2 Å². The third-order valence-electron chi connectivity index (χ3n) is 7.09. The summed E-state index contributed by atoms with van der Waals surface area (Å²) in [6, 6.07) is 8.04. The first-order valence-electron chi connectivity index (χ1n) is 15.9. The zero-order valence-corrected chi connectivity index (χ0v) is 26.6. The van der Waals surface area contributed by atoms with Crippen molar-refractivity contribution < 1.29 is 33.1 Å². The SMILES string of the molecule is CCCCCCCCCCCCCCCCc1ccccc1OCC(COP(O)OCCCC[NH+](C)C)OC=O. The van der Waals surface area contributed by atoms with Crippen molar-refractivity contribution in [1.82, 2.24) is 0 Å². The van der Waals surface area contributed by atoms with E-state index >= 15 is 0 Å². The van der Waals surface area contributed by atoms with Gasteiger partial charge in [-0.3, -0.25) is 4.79 Å². The second kappa shape index (κ2) is 26.6. The van der Waals surface area contributed by atoms with Gasteiger partial charge in [-0.1, -0.05) is 109 Å². The molecule has 2 unspecified atom stereocenters. The highest BCUT2D eigenvalue weighted by molar-refractivity contribution is 7.40. The van der Waals surface area contributed by atoms with E-state index in [1.54, 1.807) is 0 Å². The summed E-state index contributed by atoms with van der Waals surface area (Å²) in [6.45, 7) is 4.34. The monoisotopic (exact) mass is 584 g/mol. The molecule has 7 nitrogen and oxygen atoms in total. The number of quaternary nitrogens is 1. The number of carbonyl (C=O) groups excluding carboxylic acids is 1. The number of ether oxygens (including phenoxy) is 2. The van der Waals surface area contributed by atoms with Crippen molar-refractivity contribution in [2.45, 2.75) is 122 Å².